The number of carbonyl (C=O) groups is 2. The monoisotopic (exact) mass is 369 g/mol. The zero-order valence-corrected chi connectivity index (χ0v) is 14.6. The summed E-state index contributed by atoms with van der Waals surface area (Å²) in [7, 11) is 0. The molecule has 0 bridgehead atoms. The van der Waals surface area contributed by atoms with Gasteiger partial charge in [0.15, 0.2) is 5.65 Å². The van der Waals surface area contributed by atoms with Crippen molar-refractivity contribution >= 4 is 34.7 Å². The van der Waals surface area contributed by atoms with Crippen LogP contribution in [-0.2, 0) is 16.1 Å². The highest BCUT2D eigenvalue weighted by Crippen LogP contribution is 2.27. The molecule has 0 saturated carbocycles. The number of rotatable bonds is 4. The van der Waals surface area contributed by atoms with E-state index in [0.717, 1.165) is 11.3 Å². The average molecular weight is 370 g/mol. The van der Waals surface area contributed by atoms with Crippen LogP contribution in [0.25, 0.3) is 5.65 Å². The van der Waals surface area contributed by atoms with Gasteiger partial charge in [0, 0.05) is 36.1 Å². The quantitative estimate of drug-likeness (QED) is 0.763. The molecule has 2 amide bonds. The van der Waals surface area contributed by atoms with Crippen LogP contribution in [0.5, 0.6) is 0 Å². The Labute approximate surface area is 154 Å². The van der Waals surface area contributed by atoms with Crippen LogP contribution in [0.3, 0.4) is 0 Å². The van der Waals surface area contributed by atoms with Gasteiger partial charge in [-0.1, -0.05) is 17.7 Å². The van der Waals surface area contributed by atoms with E-state index in [1.54, 1.807) is 47.9 Å². The van der Waals surface area contributed by atoms with Gasteiger partial charge < -0.3 is 10.2 Å². The number of hydrogen-bond donors (Lipinski definition) is 1. The first kappa shape index (κ1) is 16.5. The van der Waals surface area contributed by atoms with E-state index in [4.69, 9.17) is 11.6 Å². The summed E-state index contributed by atoms with van der Waals surface area (Å²) in [5.41, 5.74) is 2.29. The van der Waals surface area contributed by atoms with Crippen LogP contribution in [0.1, 0.15) is 12.1 Å². The van der Waals surface area contributed by atoms with Gasteiger partial charge in [0.25, 0.3) is 0 Å². The summed E-state index contributed by atoms with van der Waals surface area (Å²) in [5, 5.41) is 3.46. The Bertz CT molecular complexity index is 986. The van der Waals surface area contributed by atoms with Crippen LogP contribution in [0, 0.1) is 5.92 Å². The zero-order chi connectivity index (χ0) is 18.1. The van der Waals surface area contributed by atoms with Crippen molar-refractivity contribution in [2.75, 3.05) is 11.4 Å². The minimum atomic E-state index is -0.387. The number of nitrogens with zero attached hydrogens (tertiary/aromatic N) is 4. The van der Waals surface area contributed by atoms with Crippen molar-refractivity contribution in [2.24, 2.45) is 5.92 Å². The largest absolute Gasteiger partial charge is 0.350 e. The Hall–Kier alpha value is -2.93. The van der Waals surface area contributed by atoms with Crippen LogP contribution < -0.4 is 10.2 Å². The summed E-state index contributed by atoms with van der Waals surface area (Å²) < 4.78 is 1.87. The van der Waals surface area contributed by atoms with Crippen LogP contribution >= 0.6 is 11.6 Å². The molecule has 8 heteroatoms. The van der Waals surface area contributed by atoms with Gasteiger partial charge in [0.05, 0.1) is 30.6 Å². The highest BCUT2D eigenvalue weighted by Gasteiger charge is 2.35. The minimum absolute atomic E-state index is 0.0757. The minimum Gasteiger partial charge on any atom is -0.350 e. The summed E-state index contributed by atoms with van der Waals surface area (Å²) >= 11 is 5.99. The van der Waals surface area contributed by atoms with Gasteiger partial charge in [0.2, 0.25) is 11.8 Å². The Kier molecular flexibility index (Phi) is 4.30. The molecule has 3 heterocycles. The fourth-order valence-corrected chi connectivity index (χ4v) is 3.31. The number of aromatic nitrogens is 3. The molecule has 1 saturated heterocycles. The SMILES string of the molecule is O=C(NCc1cnc2cnccn12)[C@@H]1CC(=O)N(c2cccc(Cl)c2)C1. The van der Waals surface area contributed by atoms with Gasteiger partial charge >= 0.3 is 0 Å². The van der Waals surface area contributed by atoms with E-state index in [1.165, 1.54) is 0 Å². The Balaban J connectivity index is 1.42. The predicted octanol–water partition coefficient (Wildman–Crippen LogP) is 2.05. The molecule has 0 spiro atoms. The Morgan fingerprint density at radius 3 is 3.08 bits per heavy atom. The lowest BCUT2D eigenvalue weighted by atomic mass is 10.1. The fraction of sp³-hybridized carbons (Fsp3) is 0.222. The Morgan fingerprint density at radius 1 is 1.35 bits per heavy atom. The second-order valence-corrected chi connectivity index (χ2v) is 6.59. The number of benzene rings is 1. The fourth-order valence-electron chi connectivity index (χ4n) is 3.12. The van der Waals surface area contributed by atoms with Gasteiger partial charge in [-0.3, -0.25) is 19.0 Å². The van der Waals surface area contributed by atoms with E-state index in [9.17, 15) is 9.59 Å². The lowest BCUT2D eigenvalue weighted by Gasteiger charge is -2.17. The van der Waals surface area contributed by atoms with Crippen LogP contribution in [0.2, 0.25) is 5.02 Å². The molecule has 1 fully saturated rings. The molecule has 7 nitrogen and oxygen atoms in total. The van der Waals surface area contributed by atoms with Gasteiger partial charge in [0.1, 0.15) is 0 Å². The van der Waals surface area contributed by atoms with E-state index in [2.05, 4.69) is 15.3 Å². The molecule has 1 atom stereocenters. The maximum atomic E-state index is 12.5. The van der Waals surface area contributed by atoms with Crippen LogP contribution in [-0.4, -0.2) is 32.7 Å². The average Bonchev–Trinajstić information content (AvgIpc) is 3.23. The predicted molar refractivity (Wildman–Crippen MR) is 96.7 cm³/mol. The van der Waals surface area contributed by atoms with Crippen LogP contribution in [0.4, 0.5) is 5.69 Å². The molecule has 4 rings (SSSR count). The van der Waals surface area contributed by atoms with Crippen molar-refractivity contribution in [2.45, 2.75) is 13.0 Å². The molecule has 1 N–H and O–H groups in total. The smallest absolute Gasteiger partial charge is 0.227 e. The summed E-state index contributed by atoms with van der Waals surface area (Å²) in [5.74, 6) is -0.609. The number of nitrogens with one attached hydrogen (secondary N) is 1. The highest BCUT2D eigenvalue weighted by molar-refractivity contribution is 6.31. The van der Waals surface area contributed by atoms with Crippen molar-refractivity contribution in [1.29, 1.82) is 0 Å². The normalized spacial score (nSPS) is 17.0. The third-order valence-corrected chi connectivity index (χ3v) is 4.69. The highest BCUT2D eigenvalue weighted by atomic mass is 35.5. The lowest BCUT2D eigenvalue weighted by Crippen LogP contribution is -2.32. The molecule has 1 aliphatic heterocycles. The molecule has 132 valence electrons. The first-order valence-corrected chi connectivity index (χ1v) is 8.59. The van der Waals surface area contributed by atoms with Gasteiger partial charge in [-0.05, 0) is 18.2 Å². The van der Waals surface area contributed by atoms with Crippen molar-refractivity contribution in [3.63, 3.8) is 0 Å². The number of carbonyl (C=O) groups excluding carboxylic acids is 2. The number of fused-ring (bicyclic) bond motifs is 1. The second kappa shape index (κ2) is 6.76. The molecule has 0 unspecified atom stereocenters. The lowest BCUT2D eigenvalue weighted by molar-refractivity contribution is -0.126. The van der Waals surface area contributed by atoms with Gasteiger partial charge in [-0.2, -0.15) is 0 Å². The Morgan fingerprint density at radius 2 is 2.23 bits per heavy atom. The molecule has 26 heavy (non-hydrogen) atoms. The third kappa shape index (κ3) is 3.13. The van der Waals surface area contributed by atoms with Crippen molar-refractivity contribution in [3.8, 4) is 0 Å². The van der Waals surface area contributed by atoms with Crippen molar-refractivity contribution in [1.82, 2.24) is 19.7 Å². The summed E-state index contributed by atoms with van der Waals surface area (Å²) in [6, 6.07) is 7.09. The number of imidazole rings is 1. The number of anilines is 1. The van der Waals surface area contributed by atoms with Crippen molar-refractivity contribution in [3.05, 3.63) is 59.8 Å². The van der Waals surface area contributed by atoms with E-state index in [0.29, 0.717) is 23.8 Å². The van der Waals surface area contributed by atoms with E-state index >= 15 is 0 Å². The third-order valence-electron chi connectivity index (χ3n) is 4.45. The van der Waals surface area contributed by atoms with E-state index in [1.807, 2.05) is 10.5 Å². The van der Waals surface area contributed by atoms with Crippen molar-refractivity contribution < 1.29 is 9.59 Å². The summed E-state index contributed by atoms with van der Waals surface area (Å²) in [6.07, 6.45) is 7.01. The van der Waals surface area contributed by atoms with E-state index in [-0.39, 0.29) is 24.2 Å². The topological polar surface area (TPSA) is 79.6 Å². The molecular formula is C18H16ClN5O2. The summed E-state index contributed by atoms with van der Waals surface area (Å²) in [4.78, 5) is 34.7. The number of hydrogen-bond acceptors (Lipinski definition) is 4. The first-order chi connectivity index (χ1) is 12.6. The zero-order valence-electron chi connectivity index (χ0n) is 13.8. The first-order valence-electron chi connectivity index (χ1n) is 8.21. The number of halogens is 1. The standard InChI is InChI=1S/C18H16ClN5O2/c19-13-2-1-3-14(7-13)24-11-12(6-17(24)25)18(26)22-9-15-8-21-16-10-20-4-5-23(15)16/h1-5,7-8,10,12H,6,9,11H2,(H,22,26)/t12-/m1/s1. The maximum absolute atomic E-state index is 12.5. The number of amides is 2. The van der Waals surface area contributed by atoms with Gasteiger partial charge in [-0.25, -0.2) is 4.98 Å². The molecule has 1 aromatic carbocycles. The maximum Gasteiger partial charge on any atom is 0.227 e. The second-order valence-electron chi connectivity index (χ2n) is 6.16. The molecule has 0 aliphatic carbocycles. The molecule has 1 aliphatic rings. The van der Waals surface area contributed by atoms with Gasteiger partial charge in [-0.15, -0.1) is 0 Å². The molecule has 0 radical (unpaired) electrons. The molecule has 2 aromatic heterocycles. The molecule has 3 aromatic rings. The van der Waals surface area contributed by atoms with Crippen LogP contribution in [0.15, 0.2) is 49.1 Å². The van der Waals surface area contributed by atoms with E-state index < -0.39 is 0 Å². The summed E-state index contributed by atoms with van der Waals surface area (Å²) in [6.45, 7) is 0.688. The molecular weight excluding hydrogens is 354 g/mol.